The van der Waals surface area contributed by atoms with Gasteiger partial charge in [0, 0.05) is 53.2 Å². The van der Waals surface area contributed by atoms with Gasteiger partial charge in [0.1, 0.15) is 0 Å². The van der Waals surface area contributed by atoms with Gasteiger partial charge >= 0.3 is 0 Å². The maximum Gasteiger partial charge on any atom is 0.164 e. The summed E-state index contributed by atoms with van der Waals surface area (Å²) in [6, 6.07) is 83.5. The molecule has 0 saturated heterocycles. The topological polar surface area (TPSA) is 43.6 Å². The van der Waals surface area contributed by atoms with E-state index in [1.807, 2.05) is 29.5 Å². The van der Waals surface area contributed by atoms with Gasteiger partial charge in [-0.2, -0.15) is 0 Å². The summed E-state index contributed by atoms with van der Waals surface area (Å²) in [7, 11) is 0. The fourth-order valence-corrected chi connectivity index (χ4v) is 12.4. The van der Waals surface area contributed by atoms with E-state index in [2.05, 4.69) is 217 Å². The van der Waals surface area contributed by atoms with Crippen LogP contribution in [0.15, 0.2) is 231 Å². The minimum absolute atomic E-state index is 0.612. The molecule has 0 atom stereocenters. The van der Waals surface area contributed by atoms with Crippen LogP contribution in [0.3, 0.4) is 0 Å². The molecule has 5 heteroatoms. The Hall–Kier alpha value is -9.03. The lowest BCUT2D eigenvalue weighted by Gasteiger charge is -2.17. The zero-order chi connectivity index (χ0) is 45.9. The number of hydrogen-bond acceptors (Lipinski definition) is 4. The summed E-state index contributed by atoms with van der Waals surface area (Å²) in [5, 5.41) is 17.2. The summed E-state index contributed by atoms with van der Waals surface area (Å²) in [6.07, 6.45) is 0. The zero-order valence-electron chi connectivity index (χ0n) is 37.6. The molecule has 0 aliphatic carbocycles. The molecule has 70 heavy (non-hydrogen) atoms. The summed E-state index contributed by atoms with van der Waals surface area (Å²) < 4.78 is 4.99. The minimum Gasteiger partial charge on any atom is -0.309 e. The van der Waals surface area contributed by atoms with Crippen molar-refractivity contribution in [3.05, 3.63) is 231 Å². The van der Waals surface area contributed by atoms with E-state index >= 15 is 0 Å². The van der Waals surface area contributed by atoms with Crippen LogP contribution in [0.1, 0.15) is 0 Å². The first kappa shape index (κ1) is 39.0. The number of benzene rings is 12. The fourth-order valence-electron chi connectivity index (χ4n) is 11.2. The molecule has 3 heterocycles. The number of rotatable bonds is 5. The SMILES string of the molecule is c1ccc(-c2nc(-c3ccc(-n4c5ccccc5c5cc6ccccc6cc54)c(-c4cccc5sc6ccc7ccccc7c6c45)c3)nc(-c3ccc4c5ccccc5c5ccccc5c4c3)n2)cc1. The van der Waals surface area contributed by atoms with Gasteiger partial charge in [-0.15, -0.1) is 11.3 Å². The van der Waals surface area contributed by atoms with E-state index in [1.165, 1.54) is 84.8 Å². The van der Waals surface area contributed by atoms with Gasteiger partial charge in [-0.3, -0.25) is 0 Å². The van der Waals surface area contributed by atoms with Gasteiger partial charge in [-0.1, -0.05) is 176 Å². The van der Waals surface area contributed by atoms with E-state index in [0.29, 0.717) is 17.5 Å². The normalized spacial score (nSPS) is 12.0. The predicted molar refractivity (Wildman–Crippen MR) is 296 cm³/mol. The Morgan fingerprint density at radius 1 is 0.286 bits per heavy atom. The van der Waals surface area contributed by atoms with E-state index < -0.39 is 0 Å². The zero-order valence-corrected chi connectivity index (χ0v) is 38.5. The molecule has 0 aliphatic rings. The van der Waals surface area contributed by atoms with Crippen molar-refractivity contribution in [2.75, 3.05) is 0 Å². The molecular weight excluding hydrogens is 869 g/mol. The second-order valence-corrected chi connectivity index (χ2v) is 19.3. The maximum absolute atomic E-state index is 5.43. The first-order valence-corrected chi connectivity index (χ1v) is 24.6. The van der Waals surface area contributed by atoms with Crippen LogP contribution in [-0.4, -0.2) is 19.5 Å². The van der Waals surface area contributed by atoms with Crippen LogP contribution in [0.4, 0.5) is 0 Å². The third-order valence-electron chi connectivity index (χ3n) is 14.4. The summed E-state index contributed by atoms with van der Waals surface area (Å²) >= 11 is 1.86. The molecule has 0 bridgehead atoms. The van der Waals surface area contributed by atoms with Gasteiger partial charge in [0.25, 0.3) is 0 Å². The number of para-hydroxylation sites is 1. The quantitative estimate of drug-likeness (QED) is 0.162. The van der Waals surface area contributed by atoms with Crippen molar-refractivity contribution in [2.45, 2.75) is 0 Å². The Kier molecular flexibility index (Phi) is 8.49. The second kappa shape index (κ2) is 15.2. The molecule has 0 spiro atoms. The Morgan fingerprint density at radius 3 is 1.59 bits per heavy atom. The Bertz CT molecular complexity index is 4630. The molecule has 12 aromatic carbocycles. The number of thiophene rings is 1. The Labute approximate surface area is 406 Å². The number of aromatic nitrogens is 4. The highest BCUT2D eigenvalue weighted by molar-refractivity contribution is 7.26. The highest BCUT2D eigenvalue weighted by Crippen LogP contribution is 2.47. The lowest BCUT2D eigenvalue weighted by Crippen LogP contribution is -2.02. The summed E-state index contributed by atoms with van der Waals surface area (Å²) in [5.41, 5.74) is 8.43. The first-order valence-electron chi connectivity index (χ1n) is 23.8. The van der Waals surface area contributed by atoms with Gasteiger partial charge in [-0.25, -0.2) is 15.0 Å². The summed E-state index contributed by atoms with van der Waals surface area (Å²) in [6.45, 7) is 0. The van der Waals surface area contributed by atoms with Crippen LogP contribution >= 0.6 is 11.3 Å². The molecular formula is C65H38N4S. The number of hydrogen-bond donors (Lipinski definition) is 0. The van der Waals surface area contributed by atoms with Crippen molar-refractivity contribution < 1.29 is 0 Å². The van der Waals surface area contributed by atoms with Crippen LogP contribution in [0.25, 0.3) is 147 Å². The average Bonchev–Trinajstić information content (AvgIpc) is 3.98. The first-order chi connectivity index (χ1) is 34.7. The van der Waals surface area contributed by atoms with Crippen LogP contribution in [-0.2, 0) is 0 Å². The molecule has 4 nitrogen and oxygen atoms in total. The van der Waals surface area contributed by atoms with Crippen LogP contribution < -0.4 is 0 Å². The second-order valence-electron chi connectivity index (χ2n) is 18.3. The summed E-state index contributed by atoms with van der Waals surface area (Å²) in [5.74, 6) is 1.86. The molecule has 324 valence electrons. The van der Waals surface area contributed by atoms with Crippen molar-refractivity contribution >= 4 is 107 Å². The highest BCUT2D eigenvalue weighted by Gasteiger charge is 2.22. The van der Waals surface area contributed by atoms with Gasteiger partial charge in [0.15, 0.2) is 17.5 Å². The van der Waals surface area contributed by atoms with Crippen LogP contribution in [0, 0.1) is 0 Å². The monoisotopic (exact) mass is 906 g/mol. The minimum atomic E-state index is 0.612. The van der Waals surface area contributed by atoms with Crippen molar-refractivity contribution in [2.24, 2.45) is 0 Å². The van der Waals surface area contributed by atoms with Gasteiger partial charge < -0.3 is 4.57 Å². The average molecular weight is 907 g/mol. The molecule has 0 saturated carbocycles. The van der Waals surface area contributed by atoms with Crippen LogP contribution in [0.5, 0.6) is 0 Å². The molecule has 0 radical (unpaired) electrons. The Balaban J connectivity index is 1.02. The number of fused-ring (bicyclic) bond motifs is 15. The molecule has 0 N–H and O–H groups in total. The number of nitrogens with zero attached hydrogens (tertiary/aromatic N) is 4. The van der Waals surface area contributed by atoms with Crippen LogP contribution in [0.2, 0.25) is 0 Å². The van der Waals surface area contributed by atoms with E-state index in [0.717, 1.165) is 44.5 Å². The van der Waals surface area contributed by atoms with E-state index in [9.17, 15) is 0 Å². The fraction of sp³-hybridized carbons (Fsp3) is 0. The lowest BCUT2D eigenvalue weighted by molar-refractivity contribution is 1.07. The van der Waals surface area contributed by atoms with Gasteiger partial charge in [0.2, 0.25) is 0 Å². The standard InChI is InChI=1S/C65H38N4S/c1-2-16-40(17-3-1)63-66-64(43-29-32-50-48-23-9-8-21-46(48)47-22-10-11-24-49(47)53(50)36-43)68-65(67-63)44-30-33-57(69-56-27-13-12-25-51(56)54-35-41-18-4-5-19-42(41)38-58(54)69)55(37-44)52-26-14-28-59-62(52)61-45-20-7-6-15-39(45)31-34-60(61)70-59/h1-38H. The van der Waals surface area contributed by atoms with Gasteiger partial charge in [0.05, 0.1) is 16.7 Å². The predicted octanol–water partition coefficient (Wildman–Crippen LogP) is 17.8. The molecule has 0 unspecified atom stereocenters. The van der Waals surface area contributed by atoms with E-state index in [-0.39, 0.29) is 0 Å². The summed E-state index contributed by atoms with van der Waals surface area (Å²) in [4.78, 5) is 16.0. The molecule has 0 amide bonds. The van der Waals surface area contributed by atoms with Crippen molar-refractivity contribution in [1.29, 1.82) is 0 Å². The van der Waals surface area contributed by atoms with Crippen molar-refractivity contribution in [1.82, 2.24) is 19.5 Å². The lowest BCUT2D eigenvalue weighted by atomic mass is 9.93. The van der Waals surface area contributed by atoms with Gasteiger partial charge in [-0.05, 0) is 114 Å². The molecule has 0 aliphatic heterocycles. The van der Waals surface area contributed by atoms with Crippen molar-refractivity contribution in [3.63, 3.8) is 0 Å². The smallest absolute Gasteiger partial charge is 0.164 e. The van der Waals surface area contributed by atoms with Crippen molar-refractivity contribution in [3.8, 4) is 51.0 Å². The third kappa shape index (κ3) is 5.92. The van der Waals surface area contributed by atoms with E-state index in [4.69, 9.17) is 15.0 Å². The van der Waals surface area contributed by atoms with E-state index in [1.54, 1.807) is 0 Å². The largest absolute Gasteiger partial charge is 0.309 e. The maximum atomic E-state index is 5.43. The third-order valence-corrected chi connectivity index (χ3v) is 15.5. The molecule has 0 fully saturated rings. The molecule has 15 aromatic rings. The molecule has 15 rings (SSSR count). The highest BCUT2D eigenvalue weighted by atomic mass is 32.1. The Morgan fingerprint density at radius 2 is 0.843 bits per heavy atom. The molecule has 3 aromatic heterocycles.